The Hall–Kier alpha value is -3.19. The zero-order valence-corrected chi connectivity index (χ0v) is 30.6. The molecule has 1 aromatic heterocycles. The Kier molecular flexibility index (Phi) is 19.9. The maximum atomic E-state index is 12.5. The van der Waals surface area contributed by atoms with Gasteiger partial charge in [0.2, 0.25) is 0 Å². The van der Waals surface area contributed by atoms with E-state index >= 15 is 0 Å². The fourth-order valence-corrected chi connectivity index (χ4v) is 6.06. The second-order valence-electron chi connectivity index (χ2n) is 13.7. The van der Waals surface area contributed by atoms with Crippen molar-refractivity contribution in [3.8, 4) is 22.4 Å². The highest BCUT2D eigenvalue weighted by Gasteiger charge is 2.36. The van der Waals surface area contributed by atoms with Crippen LogP contribution in [0.25, 0.3) is 22.4 Å². The predicted octanol–water partition coefficient (Wildman–Crippen LogP) is 13.1. The van der Waals surface area contributed by atoms with E-state index in [9.17, 15) is 18.0 Å². The van der Waals surface area contributed by atoms with E-state index in [0.29, 0.717) is 24.8 Å². The third-order valence-electron chi connectivity index (χ3n) is 9.39. The molecular formula is C43H60F3NO3. The van der Waals surface area contributed by atoms with Gasteiger partial charge in [0.1, 0.15) is 0 Å². The minimum Gasteiger partial charge on any atom is -0.462 e. The Morgan fingerprint density at radius 2 is 1.12 bits per heavy atom. The number of halogens is 3. The summed E-state index contributed by atoms with van der Waals surface area (Å²) in [5.41, 5.74) is 5.82. The number of hydrogen-bond acceptors (Lipinski definition) is 4. The highest BCUT2D eigenvalue weighted by molar-refractivity contribution is 5.90. The van der Waals surface area contributed by atoms with Crippen LogP contribution in [0.15, 0.2) is 66.9 Å². The largest absolute Gasteiger partial charge is 0.462 e. The average Bonchev–Trinajstić information content (AvgIpc) is 3.12. The van der Waals surface area contributed by atoms with Gasteiger partial charge in [-0.3, -0.25) is 4.98 Å². The molecule has 0 radical (unpaired) electrons. The summed E-state index contributed by atoms with van der Waals surface area (Å²) >= 11 is 0. The van der Waals surface area contributed by atoms with Crippen LogP contribution in [0, 0.1) is 0 Å². The normalized spacial score (nSPS) is 12.3. The van der Waals surface area contributed by atoms with E-state index in [1.807, 2.05) is 30.5 Å². The topological polar surface area (TPSA) is 48.4 Å². The Balaban J connectivity index is 1.27. The van der Waals surface area contributed by atoms with E-state index in [2.05, 4.69) is 31.2 Å². The summed E-state index contributed by atoms with van der Waals surface area (Å²) in [6, 6.07) is 20.1. The highest BCUT2D eigenvalue weighted by atomic mass is 19.4. The molecule has 0 amide bonds. The molecule has 0 saturated carbocycles. The van der Waals surface area contributed by atoms with Gasteiger partial charge in [-0.15, -0.1) is 0 Å². The van der Waals surface area contributed by atoms with Gasteiger partial charge in [0, 0.05) is 23.9 Å². The summed E-state index contributed by atoms with van der Waals surface area (Å²) in [5, 5.41) is 0. The molecule has 7 heteroatoms. The number of aryl methyl sites for hydroxylation is 1. The monoisotopic (exact) mass is 695 g/mol. The minimum absolute atomic E-state index is 0.0672. The summed E-state index contributed by atoms with van der Waals surface area (Å²) in [6.07, 6.45) is 18.9. The van der Waals surface area contributed by atoms with Crippen molar-refractivity contribution in [2.45, 2.75) is 148 Å². The fourth-order valence-electron chi connectivity index (χ4n) is 6.06. The molecule has 0 aliphatic carbocycles. The number of alkyl halides is 3. The molecule has 1 heterocycles. The smallest absolute Gasteiger partial charge is 0.414 e. The molecule has 0 aliphatic heterocycles. The minimum atomic E-state index is -4.33. The number of ether oxygens (including phenoxy) is 2. The van der Waals surface area contributed by atoms with Crippen LogP contribution in [0.2, 0.25) is 0 Å². The van der Waals surface area contributed by atoms with Crippen molar-refractivity contribution in [1.29, 1.82) is 0 Å². The average molecular weight is 696 g/mol. The van der Waals surface area contributed by atoms with Crippen LogP contribution in [0.3, 0.4) is 0 Å². The van der Waals surface area contributed by atoms with Crippen LogP contribution >= 0.6 is 0 Å². The maximum absolute atomic E-state index is 12.5. The van der Waals surface area contributed by atoms with Crippen LogP contribution in [-0.4, -0.2) is 36.4 Å². The van der Waals surface area contributed by atoms with Crippen LogP contribution in [-0.2, 0) is 15.9 Å². The van der Waals surface area contributed by atoms with E-state index in [-0.39, 0.29) is 19.2 Å². The van der Waals surface area contributed by atoms with E-state index in [0.717, 1.165) is 42.1 Å². The number of esters is 1. The molecule has 2 aromatic carbocycles. The first kappa shape index (κ1) is 41.2. The standard InChI is InChI=1S/C43H60F3NO3/c1-3-4-5-6-7-8-9-10-11-12-13-14-15-18-21-36-22-24-38(25-23-36)41-31-30-40(34-47-41)37-26-28-39(29-27-37)42(48)50-33-20-17-16-19-32-49-35(2)43(44,45)46/h22-31,34-35H,3-21,32-33H2,1-2H3. The molecule has 4 nitrogen and oxygen atoms in total. The number of carbonyl (C=O) groups is 1. The van der Waals surface area contributed by atoms with Crippen LogP contribution in [0.4, 0.5) is 13.2 Å². The van der Waals surface area contributed by atoms with E-state index in [1.54, 1.807) is 12.1 Å². The lowest BCUT2D eigenvalue weighted by atomic mass is 10.0. The third-order valence-corrected chi connectivity index (χ3v) is 9.39. The van der Waals surface area contributed by atoms with Gasteiger partial charge in [-0.05, 0) is 68.4 Å². The van der Waals surface area contributed by atoms with Gasteiger partial charge in [-0.2, -0.15) is 13.2 Å². The first-order chi connectivity index (χ1) is 24.3. The summed E-state index contributed by atoms with van der Waals surface area (Å²) in [4.78, 5) is 17.1. The number of nitrogens with zero attached hydrogens (tertiary/aromatic N) is 1. The maximum Gasteiger partial charge on any atom is 0.414 e. The van der Waals surface area contributed by atoms with Crippen molar-refractivity contribution in [2.24, 2.45) is 0 Å². The SMILES string of the molecule is CCCCCCCCCCCCCCCCc1ccc(-c2ccc(-c3ccc(C(=O)OCCCCCCOC(C)C(F)(F)F)cc3)cn2)cc1. The molecule has 276 valence electrons. The Labute approximate surface area is 299 Å². The molecule has 0 aliphatic rings. The lowest BCUT2D eigenvalue weighted by Crippen LogP contribution is -2.28. The molecule has 1 unspecified atom stereocenters. The zero-order valence-electron chi connectivity index (χ0n) is 30.6. The van der Waals surface area contributed by atoms with Crippen molar-refractivity contribution >= 4 is 5.97 Å². The molecule has 3 rings (SSSR count). The Bertz CT molecular complexity index is 1310. The molecule has 1 atom stereocenters. The summed E-state index contributed by atoms with van der Waals surface area (Å²) in [7, 11) is 0. The first-order valence-electron chi connectivity index (χ1n) is 19.3. The number of benzene rings is 2. The van der Waals surface area contributed by atoms with Crippen molar-refractivity contribution in [1.82, 2.24) is 4.98 Å². The summed E-state index contributed by atoms with van der Waals surface area (Å²) in [6.45, 7) is 3.63. The van der Waals surface area contributed by atoms with Crippen molar-refractivity contribution in [2.75, 3.05) is 13.2 Å². The Morgan fingerprint density at radius 1 is 0.620 bits per heavy atom. The number of hydrogen-bond donors (Lipinski definition) is 0. The van der Waals surface area contributed by atoms with Crippen LogP contribution < -0.4 is 0 Å². The van der Waals surface area contributed by atoms with Crippen LogP contribution in [0.5, 0.6) is 0 Å². The van der Waals surface area contributed by atoms with Crippen molar-refractivity contribution < 1.29 is 27.4 Å². The Morgan fingerprint density at radius 3 is 1.66 bits per heavy atom. The van der Waals surface area contributed by atoms with E-state index < -0.39 is 12.3 Å². The molecule has 3 aromatic rings. The first-order valence-corrected chi connectivity index (χ1v) is 19.3. The second-order valence-corrected chi connectivity index (χ2v) is 13.7. The van der Waals surface area contributed by atoms with Gasteiger partial charge >= 0.3 is 12.1 Å². The highest BCUT2D eigenvalue weighted by Crippen LogP contribution is 2.25. The third kappa shape index (κ3) is 16.7. The summed E-state index contributed by atoms with van der Waals surface area (Å²) in [5.74, 6) is -0.389. The molecular weight excluding hydrogens is 635 g/mol. The van der Waals surface area contributed by atoms with Crippen LogP contribution in [0.1, 0.15) is 145 Å². The van der Waals surface area contributed by atoms with Gasteiger partial charge in [0.15, 0.2) is 6.10 Å². The van der Waals surface area contributed by atoms with Gasteiger partial charge < -0.3 is 9.47 Å². The predicted molar refractivity (Wildman–Crippen MR) is 199 cm³/mol. The number of carbonyl (C=O) groups excluding carboxylic acids is 1. The van der Waals surface area contributed by atoms with Crippen molar-refractivity contribution in [3.05, 3.63) is 78.0 Å². The van der Waals surface area contributed by atoms with Gasteiger partial charge in [0.25, 0.3) is 0 Å². The number of aromatic nitrogens is 1. The number of rotatable bonds is 26. The van der Waals surface area contributed by atoms with Gasteiger partial charge in [-0.25, -0.2) is 4.79 Å². The molecule has 0 bridgehead atoms. The van der Waals surface area contributed by atoms with Crippen molar-refractivity contribution in [3.63, 3.8) is 0 Å². The van der Waals surface area contributed by atoms with Gasteiger partial charge in [0.05, 0.1) is 17.9 Å². The molecule has 0 spiro atoms. The zero-order chi connectivity index (χ0) is 35.9. The van der Waals surface area contributed by atoms with E-state index in [4.69, 9.17) is 14.5 Å². The van der Waals surface area contributed by atoms with Gasteiger partial charge in [-0.1, -0.05) is 139 Å². The lowest BCUT2D eigenvalue weighted by molar-refractivity contribution is -0.214. The fraction of sp³-hybridized carbons (Fsp3) is 0.581. The molecule has 0 saturated heterocycles. The summed E-state index contributed by atoms with van der Waals surface area (Å²) < 4.78 is 47.5. The number of pyridine rings is 1. The van der Waals surface area contributed by atoms with E-state index in [1.165, 1.54) is 95.5 Å². The lowest BCUT2D eigenvalue weighted by Gasteiger charge is -2.16. The molecule has 0 fully saturated rings. The number of unbranched alkanes of at least 4 members (excludes halogenated alkanes) is 16. The second kappa shape index (κ2) is 24.1. The molecule has 50 heavy (non-hydrogen) atoms. The quantitative estimate of drug-likeness (QED) is 0.0619. The molecule has 0 N–H and O–H groups in total.